The Balaban J connectivity index is 2.16. The highest BCUT2D eigenvalue weighted by molar-refractivity contribution is 9.10. The number of ether oxygens (including phenoxy) is 1. The minimum absolute atomic E-state index is 0.417. The number of nitrogens with two attached hydrogens (primary N) is 1. The van der Waals surface area contributed by atoms with Crippen molar-refractivity contribution in [1.82, 2.24) is 0 Å². The van der Waals surface area contributed by atoms with Gasteiger partial charge in [-0.1, -0.05) is 57.8 Å². The fourth-order valence-corrected chi connectivity index (χ4v) is 3.01. The van der Waals surface area contributed by atoms with E-state index in [1.54, 1.807) is 0 Å². The standard InChI is InChI=1S/C17H19Br2NO/c1-11(2)15-8-14(18)5-6-17(15)21-10-13-4-3-12(9-20)7-16(13)19/h3-8,11H,9-10,20H2,1-2H3. The van der Waals surface area contributed by atoms with Gasteiger partial charge in [0.15, 0.2) is 0 Å². The average Bonchev–Trinajstić information content (AvgIpc) is 2.46. The molecule has 0 saturated heterocycles. The summed E-state index contributed by atoms with van der Waals surface area (Å²) in [5.41, 5.74) is 9.08. The topological polar surface area (TPSA) is 35.2 Å². The van der Waals surface area contributed by atoms with Gasteiger partial charge >= 0.3 is 0 Å². The molecule has 0 amide bonds. The van der Waals surface area contributed by atoms with Crippen LogP contribution in [0.25, 0.3) is 0 Å². The third-order valence-electron chi connectivity index (χ3n) is 3.33. The molecule has 112 valence electrons. The molecule has 0 spiro atoms. The maximum Gasteiger partial charge on any atom is 0.123 e. The van der Waals surface area contributed by atoms with Crippen molar-refractivity contribution in [2.45, 2.75) is 32.9 Å². The second kappa shape index (κ2) is 7.43. The zero-order valence-electron chi connectivity index (χ0n) is 12.2. The van der Waals surface area contributed by atoms with Crippen LogP contribution in [0.2, 0.25) is 0 Å². The summed E-state index contributed by atoms with van der Waals surface area (Å²) >= 11 is 7.09. The van der Waals surface area contributed by atoms with Crippen molar-refractivity contribution in [3.05, 3.63) is 62.0 Å². The first-order valence-corrected chi connectivity index (χ1v) is 8.49. The zero-order valence-corrected chi connectivity index (χ0v) is 15.4. The van der Waals surface area contributed by atoms with E-state index in [4.69, 9.17) is 10.5 Å². The van der Waals surface area contributed by atoms with Crippen LogP contribution in [0.3, 0.4) is 0 Å². The van der Waals surface area contributed by atoms with E-state index in [2.05, 4.69) is 57.8 Å². The average molecular weight is 413 g/mol. The lowest BCUT2D eigenvalue weighted by Crippen LogP contribution is -2.02. The van der Waals surface area contributed by atoms with Gasteiger partial charge < -0.3 is 10.5 Å². The van der Waals surface area contributed by atoms with E-state index in [0.717, 1.165) is 25.8 Å². The third-order valence-corrected chi connectivity index (χ3v) is 4.56. The number of rotatable bonds is 5. The van der Waals surface area contributed by atoms with Crippen molar-refractivity contribution in [3.8, 4) is 5.75 Å². The molecule has 0 atom stereocenters. The van der Waals surface area contributed by atoms with Crippen molar-refractivity contribution in [3.63, 3.8) is 0 Å². The van der Waals surface area contributed by atoms with E-state index in [0.29, 0.717) is 19.1 Å². The quantitative estimate of drug-likeness (QED) is 0.715. The molecule has 2 nitrogen and oxygen atoms in total. The number of hydrogen-bond acceptors (Lipinski definition) is 2. The summed E-state index contributed by atoms with van der Waals surface area (Å²) in [5, 5.41) is 0. The predicted octanol–water partition coefficient (Wildman–Crippen LogP) is 5.37. The fourth-order valence-electron chi connectivity index (χ4n) is 2.09. The summed E-state index contributed by atoms with van der Waals surface area (Å²) in [6.45, 7) is 5.41. The molecule has 2 rings (SSSR count). The molecule has 0 aliphatic rings. The molecular weight excluding hydrogens is 394 g/mol. The van der Waals surface area contributed by atoms with Gasteiger partial charge in [-0.15, -0.1) is 0 Å². The molecule has 0 aliphatic heterocycles. The highest BCUT2D eigenvalue weighted by atomic mass is 79.9. The van der Waals surface area contributed by atoms with E-state index >= 15 is 0 Å². The van der Waals surface area contributed by atoms with Crippen molar-refractivity contribution >= 4 is 31.9 Å². The molecule has 0 fully saturated rings. The smallest absolute Gasteiger partial charge is 0.123 e. The van der Waals surface area contributed by atoms with Gasteiger partial charge in [0.25, 0.3) is 0 Å². The number of halogens is 2. The predicted molar refractivity (Wildman–Crippen MR) is 94.6 cm³/mol. The van der Waals surface area contributed by atoms with E-state index < -0.39 is 0 Å². The first-order chi connectivity index (χ1) is 10.0. The van der Waals surface area contributed by atoms with Crippen LogP contribution in [0.5, 0.6) is 5.75 Å². The van der Waals surface area contributed by atoms with Crippen LogP contribution < -0.4 is 10.5 Å². The van der Waals surface area contributed by atoms with Crippen LogP contribution in [0.15, 0.2) is 45.3 Å². The van der Waals surface area contributed by atoms with Crippen molar-refractivity contribution in [2.75, 3.05) is 0 Å². The maximum atomic E-state index is 6.01. The summed E-state index contributed by atoms with van der Waals surface area (Å²) in [4.78, 5) is 0. The van der Waals surface area contributed by atoms with Crippen LogP contribution in [-0.2, 0) is 13.2 Å². The van der Waals surface area contributed by atoms with Crippen molar-refractivity contribution in [2.24, 2.45) is 5.73 Å². The Morgan fingerprint density at radius 3 is 2.48 bits per heavy atom. The van der Waals surface area contributed by atoms with E-state index in [1.807, 2.05) is 24.3 Å². The summed E-state index contributed by atoms with van der Waals surface area (Å²) < 4.78 is 8.12. The molecule has 21 heavy (non-hydrogen) atoms. The molecule has 0 bridgehead atoms. The largest absolute Gasteiger partial charge is 0.489 e. The van der Waals surface area contributed by atoms with Crippen molar-refractivity contribution < 1.29 is 4.74 Å². The molecule has 2 aromatic rings. The zero-order chi connectivity index (χ0) is 15.4. The molecular formula is C17H19Br2NO. The second-order valence-corrected chi connectivity index (χ2v) is 7.03. The van der Waals surface area contributed by atoms with Crippen LogP contribution >= 0.6 is 31.9 Å². The first-order valence-electron chi connectivity index (χ1n) is 6.91. The molecule has 2 aromatic carbocycles. The molecule has 2 N–H and O–H groups in total. The van der Waals surface area contributed by atoms with E-state index in [-0.39, 0.29) is 0 Å². The van der Waals surface area contributed by atoms with Crippen LogP contribution in [0.4, 0.5) is 0 Å². The highest BCUT2D eigenvalue weighted by Crippen LogP contribution is 2.30. The lowest BCUT2D eigenvalue weighted by Gasteiger charge is -2.15. The van der Waals surface area contributed by atoms with Crippen molar-refractivity contribution in [1.29, 1.82) is 0 Å². The number of hydrogen-bond donors (Lipinski definition) is 1. The van der Waals surface area contributed by atoms with Crippen LogP contribution in [0, 0.1) is 0 Å². The minimum atomic E-state index is 0.417. The van der Waals surface area contributed by atoms with Gasteiger partial charge in [-0.05, 0) is 41.3 Å². The summed E-state index contributed by atoms with van der Waals surface area (Å²) in [6.07, 6.45) is 0. The Kier molecular flexibility index (Phi) is 5.85. The Labute approximate surface area is 143 Å². The highest BCUT2D eigenvalue weighted by Gasteiger charge is 2.10. The lowest BCUT2D eigenvalue weighted by atomic mass is 10.0. The number of benzene rings is 2. The molecule has 0 radical (unpaired) electrons. The molecule has 0 unspecified atom stereocenters. The Hall–Kier alpha value is -0.840. The SMILES string of the molecule is CC(C)c1cc(Br)ccc1OCc1ccc(CN)cc1Br. The van der Waals surface area contributed by atoms with E-state index in [1.165, 1.54) is 5.56 Å². The van der Waals surface area contributed by atoms with Crippen LogP contribution in [-0.4, -0.2) is 0 Å². The molecule has 0 saturated carbocycles. The Morgan fingerprint density at radius 1 is 1.10 bits per heavy atom. The van der Waals surface area contributed by atoms with Gasteiger partial charge in [0.1, 0.15) is 12.4 Å². The lowest BCUT2D eigenvalue weighted by molar-refractivity contribution is 0.301. The third kappa shape index (κ3) is 4.31. The van der Waals surface area contributed by atoms with Gasteiger partial charge in [-0.2, -0.15) is 0 Å². The summed E-state index contributed by atoms with van der Waals surface area (Å²) in [7, 11) is 0. The fraction of sp³-hybridized carbons (Fsp3) is 0.294. The van der Waals surface area contributed by atoms with Gasteiger partial charge in [0.2, 0.25) is 0 Å². The van der Waals surface area contributed by atoms with Gasteiger partial charge in [-0.3, -0.25) is 0 Å². The monoisotopic (exact) mass is 411 g/mol. The van der Waals surface area contributed by atoms with Crippen LogP contribution in [0.1, 0.15) is 36.5 Å². The summed E-state index contributed by atoms with van der Waals surface area (Å²) in [5.74, 6) is 1.35. The van der Waals surface area contributed by atoms with E-state index in [9.17, 15) is 0 Å². The molecule has 0 aromatic heterocycles. The Morgan fingerprint density at radius 2 is 1.86 bits per heavy atom. The van der Waals surface area contributed by atoms with Gasteiger partial charge in [0, 0.05) is 21.1 Å². The molecule has 0 heterocycles. The first kappa shape index (κ1) is 16.5. The van der Waals surface area contributed by atoms with Gasteiger partial charge in [-0.25, -0.2) is 0 Å². The molecule has 0 aliphatic carbocycles. The maximum absolute atomic E-state index is 6.01. The molecule has 4 heteroatoms. The second-order valence-electron chi connectivity index (χ2n) is 5.26. The normalized spacial score (nSPS) is 11.0. The van der Waals surface area contributed by atoms with Gasteiger partial charge in [0.05, 0.1) is 0 Å². The summed E-state index contributed by atoms with van der Waals surface area (Å²) in [6, 6.07) is 12.3. The Bertz CT molecular complexity index is 626. The minimum Gasteiger partial charge on any atom is -0.489 e.